The minimum Gasteiger partial charge on any atom is -0.310 e. The van der Waals surface area contributed by atoms with Gasteiger partial charge in [0, 0.05) is 42.8 Å². The van der Waals surface area contributed by atoms with E-state index in [2.05, 4.69) is 277 Å². The third-order valence-corrected chi connectivity index (χ3v) is 15.8. The molecule has 0 N–H and O–H groups in total. The van der Waals surface area contributed by atoms with Crippen molar-refractivity contribution in [1.82, 2.24) is 0 Å². The van der Waals surface area contributed by atoms with Crippen molar-refractivity contribution >= 4 is 65.6 Å². The highest BCUT2D eigenvalue weighted by atomic mass is 32.1. The van der Waals surface area contributed by atoms with Crippen LogP contribution in [0.1, 0.15) is 22.3 Å². The first-order valence-electron chi connectivity index (χ1n) is 24.1. The van der Waals surface area contributed by atoms with Crippen LogP contribution in [-0.2, 0) is 5.41 Å². The van der Waals surface area contributed by atoms with Gasteiger partial charge in [-0.05, 0) is 128 Å². The second-order valence-electron chi connectivity index (χ2n) is 18.4. The first-order chi connectivity index (χ1) is 34.7. The standard InChI is InChI=1S/C67H44N2S/c1-3-18-45(19-4-1)46-34-36-47(37-35-46)52-22-8-13-29-61(52)68(50-40-38-48(39-41-50)53-25-17-33-65-66(53)56-24-9-16-32-64(56)70-65)51-42-43-55-54-23-7-10-26-57(54)67(60(55)44-51)58-27-11-14-30-62(58)69(49-20-5-2-6-21-49)63-31-15-12-28-59(63)67/h1-44H. The highest BCUT2D eigenvalue weighted by Gasteiger charge is 2.51. The summed E-state index contributed by atoms with van der Waals surface area (Å²) in [6.45, 7) is 0. The second kappa shape index (κ2) is 16.2. The number of fused-ring (bicyclic) bond motifs is 12. The summed E-state index contributed by atoms with van der Waals surface area (Å²) in [4.78, 5) is 4.94. The van der Waals surface area contributed by atoms with Gasteiger partial charge in [-0.15, -0.1) is 11.3 Å². The minimum atomic E-state index is -0.593. The fraction of sp³-hybridized carbons (Fsp3) is 0.0149. The largest absolute Gasteiger partial charge is 0.310 e. The van der Waals surface area contributed by atoms with Gasteiger partial charge in [0.05, 0.1) is 22.5 Å². The lowest BCUT2D eigenvalue weighted by molar-refractivity contribution is 0.752. The minimum absolute atomic E-state index is 0.593. The molecule has 1 aliphatic heterocycles. The molecule has 0 saturated heterocycles. The number of nitrogens with zero attached hydrogens (tertiary/aromatic N) is 2. The van der Waals surface area contributed by atoms with E-state index in [9.17, 15) is 0 Å². The molecule has 0 fully saturated rings. The third-order valence-electron chi connectivity index (χ3n) is 14.7. The van der Waals surface area contributed by atoms with Crippen molar-refractivity contribution in [3.63, 3.8) is 0 Å². The third kappa shape index (κ3) is 6.12. The van der Waals surface area contributed by atoms with E-state index >= 15 is 0 Å². The van der Waals surface area contributed by atoms with Gasteiger partial charge in [0.25, 0.3) is 0 Å². The molecule has 14 rings (SSSR count). The van der Waals surface area contributed by atoms with Crippen LogP contribution in [-0.4, -0.2) is 0 Å². The Morgan fingerprint density at radius 2 is 0.843 bits per heavy atom. The quantitative estimate of drug-likeness (QED) is 0.157. The summed E-state index contributed by atoms with van der Waals surface area (Å²) >= 11 is 1.87. The number of rotatable bonds is 7. The van der Waals surface area contributed by atoms with Crippen molar-refractivity contribution in [3.05, 3.63) is 289 Å². The number of hydrogen-bond donors (Lipinski definition) is 0. The van der Waals surface area contributed by atoms with Crippen LogP contribution in [0.15, 0.2) is 267 Å². The maximum atomic E-state index is 2.50. The van der Waals surface area contributed by atoms with E-state index in [0.29, 0.717) is 0 Å². The van der Waals surface area contributed by atoms with Crippen LogP contribution >= 0.6 is 11.3 Å². The van der Waals surface area contributed by atoms with Crippen LogP contribution < -0.4 is 9.80 Å². The summed E-state index contributed by atoms with van der Waals surface area (Å²) in [5, 5.41) is 2.63. The Kier molecular flexibility index (Phi) is 9.33. The van der Waals surface area contributed by atoms with Crippen molar-refractivity contribution < 1.29 is 0 Å². The molecule has 1 spiro atoms. The molecule has 0 amide bonds. The fourth-order valence-corrected chi connectivity index (χ4v) is 12.8. The summed E-state index contributed by atoms with van der Waals surface area (Å²) in [6, 6.07) is 98.7. The molecule has 3 heteroatoms. The average molecular weight is 909 g/mol. The molecule has 1 aliphatic carbocycles. The molecule has 0 saturated carbocycles. The molecule has 2 aliphatic rings. The SMILES string of the molecule is c1ccc(-c2ccc(-c3ccccc3N(c3ccc(-c4cccc5sc6ccccc6c45)cc3)c3ccc4c(c3)C3(c5ccccc5-4)c4ccccc4N(c4ccccc4)c4ccccc43)cc2)cc1. The van der Waals surface area contributed by atoms with Crippen LogP contribution in [0.4, 0.5) is 34.1 Å². The topological polar surface area (TPSA) is 6.48 Å². The van der Waals surface area contributed by atoms with Gasteiger partial charge >= 0.3 is 0 Å². The summed E-state index contributed by atoms with van der Waals surface area (Å²) in [5.41, 5.74) is 21.0. The van der Waals surface area contributed by atoms with Crippen LogP contribution in [0.5, 0.6) is 0 Å². The van der Waals surface area contributed by atoms with E-state index in [4.69, 9.17) is 0 Å². The highest BCUT2D eigenvalue weighted by Crippen LogP contribution is 2.64. The van der Waals surface area contributed by atoms with Crippen LogP contribution in [0.2, 0.25) is 0 Å². The average Bonchev–Trinajstić information content (AvgIpc) is 3.96. The molecule has 2 heterocycles. The Hall–Kier alpha value is -8.76. The van der Waals surface area contributed by atoms with Gasteiger partial charge < -0.3 is 9.80 Å². The van der Waals surface area contributed by atoms with E-state index < -0.39 is 5.41 Å². The number of para-hydroxylation sites is 4. The molecule has 0 unspecified atom stereocenters. The zero-order valence-electron chi connectivity index (χ0n) is 38.2. The van der Waals surface area contributed by atoms with Crippen molar-refractivity contribution in [2.75, 3.05) is 9.80 Å². The molecule has 12 aromatic rings. The van der Waals surface area contributed by atoms with Gasteiger partial charge in [-0.1, -0.05) is 200 Å². The van der Waals surface area contributed by atoms with Gasteiger partial charge in [-0.3, -0.25) is 0 Å². The van der Waals surface area contributed by atoms with E-state index in [1.165, 1.54) is 87.2 Å². The number of benzene rings is 11. The van der Waals surface area contributed by atoms with Crippen molar-refractivity contribution in [2.45, 2.75) is 5.41 Å². The lowest BCUT2D eigenvalue weighted by Gasteiger charge is -2.45. The summed E-state index contributed by atoms with van der Waals surface area (Å²) in [6.07, 6.45) is 0. The van der Waals surface area contributed by atoms with Crippen molar-refractivity contribution in [3.8, 4) is 44.5 Å². The predicted molar refractivity (Wildman–Crippen MR) is 296 cm³/mol. The van der Waals surface area contributed by atoms with E-state index in [-0.39, 0.29) is 0 Å². The molecule has 70 heavy (non-hydrogen) atoms. The molecular weight excluding hydrogens is 865 g/mol. The summed E-state index contributed by atoms with van der Waals surface area (Å²) in [7, 11) is 0. The highest BCUT2D eigenvalue weighted by molar-refractivity contribution is 7.25. The Morgan fingerprint density at radius 3 is 1.60 bits per heavy atom. The van der Waals surface area contributed by atoms with Crippen molar-refractivity contribution in [2.24, 2.45) is 0 Å². The lowest BCUT2D eigenvalue weighted by atomic mass is 9.64. The number of hydrogen-bond acceptors (Lipinski definition) is 3. The first kappa shape index (κ1) is 40.3. The van der Waals surface area contributed by atoms with Crippen LogP contribution in [0.3, 0.4) is 0 Å². The lowest BCUT2D eigenvalue weighted by Crippen LogP contribution is -2.36. The fourth-order valence-electron chi connectivity index (χ4n) is 11.7. The van der Waals surface area contributed by atoms with Gasteiger partial charge in [0.2, 0.25) is 0 Å². The molecule has 0 bridgehead atoms. The molecule has 1 aromatic heterocycles. The smallest absolute Gasteiger partial charge is 0.0755 e. The Balaban J connectivity index is 0.990. The van der Waals surface area contributed by atoms with Gasteiger partial charge in [-0.2, -0.15) is 0 Å². The van der Waals surface area contributed by atoms with E-state index in [1.807, 2.05) is 11.3 Å². The normalized spacial score (nSPS) is 12.9. The zero-order chi connectivity index (χ0) is 46.2. The first-order valence-corrected chi connectivity index (χ1v) is 24.9. The predicted octanol–water partition coefficient (Wildman–Crippen LogP) is 18.7. The molecule has 2 nitrogen and oxygen atoms in total. The second-order valence-corrected chi connectivity index (χ2v) is 19.4. The molecule has 11 aromatic carbocycles. The molecule has 0 atom stereocenters. The van der Waals surface area contributed by atoms with Crippen LogP contribution in [0.25, 0.3) is 64.7 Å². The molecule has 328 valence electrons. The maximum absolute atomic E-state index is 2.50. The van der Waals surface area contributed by atoms with Crippen LogP contribution in [0, 0.1) is 0 Å². The molecule has 0 radical (unpaired) electrons. The van der Waals surface area contributed by atoms with E-state index in [0.717, 1.165) is 33.9 Å². The number of thiophene rings is 1. The summed E-state index contributed by atoms with van der Waals surface area (Å²) < 4.78 is 2.62. The van der Waals surface area contributed by atoms with Gasteiger partial charge in [-0.25, -0.2) is 0 Å². The Labute approximate surface area is 412 Å². The molecular formula is C67H44N2S. The van der Waals surface area contributed by atoms with E-state index in [1.54, 1.807) is 0 Å². The maximum Gasteiger partial charge on any atom is 0.0755 e. The van der Waals surface area contributed by atoms with Crippen molar-refractivity contribution in [1.29, 1.82) is 0 Å². The Bertz CT molecular complexity index is 3900. The van der Waals surface area contributed by atoms with Gasteiger partial charge in [0.1, 0.15) is 0 Å². The monoisotopic (exact) mass is 908 g/mol. The number of anilines is 6. The van der Waals surface area contributed by atoms with Gasteiger partial charge in [0.15, 0.2) is 0 Å². The summed E-state index contributed by atoms with van der Waals surface area (Å²) in [5.74, 6) is 0. The zero-order valence-corrected chi connectivity index (χ0v) is 39.0. The Morgan fingerprint density at radius 1 is 0.329 bits per heavy atom.